The molecule has 5 heteroatoms. The highest BCUT2D eigenvalue weighted by Gasteiger charge is 2.57. The van der Waals surface area contributed by atoms with Crippen LogP contribution in [-0.2, 0) is 16.0 Å². The number of carbonyl (C=O) groups is 2. The van der Waals surface area contributed by atoms with E-state index >= 15 is 0 Å². The smallest absolute Gasteiger partial charge is 0.347 e. The molecule has 0 spiro atoms. The van der Waals surface area contributed by atoms with Crippen molar-refractivity contribution >= 4 is 23.4 Å². The van der Waals surface area contributed by atoms with Gasteiger partial charge in [0.15, 0.2) is 0 Å². The Balaban J connectivity index is 1.41. The average molecular weight is 361 g/mol. The first kappa shape index (κ1) is 15.8. The van der Waals surface area contributed by atoms with Gasteiger partial charge in [-0.25, -0.2) is 4.79 Å². The molecule has 0 heterocycles. The predicted molar refractivity (Wildman–Crippen MR) is 91.4 cm³/mol. The summed E-state index contributed by atoms with van der Waals surface area (Å²) >= 11 is 5.98. The van der Waals surface area contributed by atoms with Gasteiger partial charge in [0.2, 0.25) is 11.4 Å². The van der Waals surface area contributed by atoms with Crippen molar-refractivity contribution in [3.8, 4) is 0 Å². The predicted octanol–water partition coefficient (Wildman–Crippen LogP) is 3.32. The quantitative estimate of drug-likeness (QED) is 0.649. The topological polar surface area (TPSA) is 63.6 Å². The van der Waals surface area contributed by atoms with Crippen LogP contribution in [0.15, 0.2) is 18.2 Å². The molecule has 1 atom stereocenters. The molecule has 0 radical (unpaired) electrons. The minimum absolute atomic E-state index is 0.0487. The molecule has 4 saturated carbocycles. The highest BCUT2D eigenvalue weighted by Crippen LogP contribution is 2.57. The van der Waals surface area contributed by atoms with Crippen molar-refractivity contribution in [2.24, 2.45) is 17.8 Å². The lowest BCUT2D eigenvalue weighted by atomic mass is 9.54. The standard InChI is InChI=1S/C20H21ClO4/c21-15-1-2-16-14(6-15)10-20(24,17(16)22)18(23)25-19-7-11-3-12(8-19)5-13(4-11)9-19/h1-2,6,11-13,24H,3-5,7-10H2/t11?,12?,13?,19?,20-/m0/s1. The first-order chi connectivity index (χ1) is 11.9. The van der Waals surface area contributed by atoms with Crippen molar-refractivity contribution in [3.05, 3.63) is 34.3 Å². The number of carbonyl (C=O) groups excluding carboxylic acids is 2. The van der Waals surface area contributed by atoms with Crippen molar-refractivity contribution in [1.29, 1.82) is 0 Å². The summed E-state index contributed by atoms with van der Waals surface area (Å²) in [6.45, 7) is 0. The van der Waals surface area contributed by atoms with Crippen LogP contribution in [0.1, 0.15) is 54.4 Å². The summed E-state index contributed by atoms with van der Waals surface area (Å²) in [5.74, 6) is 0.553. The number of esters is 1. The van der Waals surface area contributed by atoms with Gasteiger partial charge in [0, 0.05) is 17.0 Å². The van der Waals surface area contributed by atoms with Crippen molar-refractivity contribution in [2.45, 2.75) is 56.1 Å². The monoisotopic (exact) mass is 360 g/mol. The van der Waals surface area contributed by atoms with Gasteiger partial charge in [0.1, 0.15) is 5.60 Å². The van der Waals surface area contributed by atoms with E-state index in [1.54, 1.807) is 18.2 Å². The summed E-state index contributed by atoms with van der Waals surface area (Å²) in [5, 5.41) is 11.4. The SMILES string of the molecule is O=C(OC12CC3CC(CC(C3)C1)C2)[C@]1(O)Cc2cc(Cl)ccc2C1=O. The highest BCUT2D eigenvalue weighted by molar-refractivity contribution is 6.31. The lowest BCUT2D eigenvalue weighted by Crippen LogP contribution is -2.56. The van der Waals surface area contributed by atoms with E-state index < -0.39 is 23.0 Å². The molecule has 0 amide bonds. The molecule has 0 aromatic heterocycles. The Morgan fingerprint density at radius 2 is 1.72 bits per heavy atom. The van der Waals surface area contributed by atoms with Gasteiger partial charge in [-0.05, 0) is 80.0 Å². The summed E-state index contributed by atoms with van der Waals surface area (Å²) < 4.78 is 5.93. The second-order valence-corrected chi connectivity index (χ2v) is 9.09. The Morgan fingerprint density at radius 1 is 1.12 bits per heavy atom. The lowest BCUT2D eigenvalue weighted by Gasteiger charge is -2.56. The van der Waals surface area contributed by atoms with Crippen LogP contribution in [0.4, 0.5) is 0 Å². The molecule has 5 aliphatic rings. The lowest BCUT2D eigenvalue weighted by molar-refractivity contribution is -0.199. The van der Waals surface area contributed by atoms with Crippen LogP contribution < -0.4 is 0 Å². The van der Waals surface area contributed by atoms with Gasteiger partial charge in [-0.3, -0.25) is 4.79 Å². The number of aliphatic hydroxyl groups is 1. The minimum atomic E-state index is -2.10. The molecule has 4 fully saturated rings. The first-order valence-electron chi connectivity index (χ1n) is 9.16. The second kappa shape index (κ2) is 5.08. The molecule has 132 valence electrons. The number of hydrogen-bond donors (Lipinski definition) is 1. The van der Waals surface area contributed by atoms with E-state index in [2.05, 4.69) is 0 Å². The number of halogens is 1. The summed E-state index contributed by atoms with van der Waals surface area (Å²) in [6.07, 6.45) is 6.32. The molecule has 25 heavy (non-hydrogen) atoms. The summed E-state index contributed by atoms with van der Waals surface area (Å²) in [6, 6.07) is 4.83. The van der Waals surface area contributed by atoms with E-state index in [1.165, 1.54) is 19.3 Å². The Bertz CT molecular complexity index is 751. The van der Waals surface area contributed by atoms with Crippen molar-refractivity contribution in [1.82, 2.24) is 0 Å². The zero-order valence-electron chi connectivity index (χ0n) is 14.0. The summed E-state index contributed by atoms with van der Waals surface area (Å²) in [5.41, 5.74) is -1.58. The molecular formula is C20H21ClO4. The van der Waals surface area contributed by atoms with Gasteiger partial charge in [-0.1, -0.05) is 11.6 Å². The van der Waals surface area contributed by atoms with Crippen LogP contribution in [0.5, 0.6) is 0 Å². The van der Waals surface area contributed by atoms with Gasteiger partial charge in [-0.2, -0.15) is 0 Å². The van der Waals surface area contributed by atoms with Gasteiger partial charge in [0.05, 0.1) is 0 Å². The number of Topliss-reactive ketones (excluding diaryl/α,β-unsaturated/α-hetero) is 1. The average Bonchev–Trinajstić information content (AvgIpc) is 2.77. The fourth-order valence-electron chi connectivity index (χ4n) is 6.11. The number of fused-ring (bicyclic) bond motifs is 1. The minimum Gasteiger partial charge on any atom is -0.457 e. The molecule has 1 aromatic carbocycles. The maximum absolute atomic E-state index is 12.9. The van der Waals surface area contributed by atoms with E-state index in [-0.39, 0.29) is 6.42 Å². The number of ketones is 1. The van der Waals surface area contributed by atoms with E-state index in [1.807, 2.05) is 0 Å². The zero-order chi connectivity index (χ0) is 17.4. The van der Waals surface area contributed by atoms with E-state index in [9.17, 15) is 14.7 Å². The number of ether oxygens (including phenoxy) is 1. The fourth-order valence-corrected chi connectivity index (χ4v) is 6.31. The summed E-state index contributed by atoms with van der Waals surface area (Å²) in [7, 11) is 0. The number of rotatable bonds is 2. The van der Waals surface area contributed by atoms with E-state index in [0.29, 0.717) is 33.9 Å². The van der Waals surface area contributed by atoms with Gasteiger partial charge >= 0.3 is 5.97 Å². The largest absolute Gasteiger partial charge is 0.457 e. The number of hydrogen-bond acceptors (Lipinski definition) is 4. The maximum Gasteiger partial charge on any atom is 0.347 e. The van der Waals surface area contributed by atoms with Gasteiger partial charge in [-0.15, -0.1) is 0 Å². The molecule has 0 aliphatic heterocycles. The molecule has 5 aliphatic carbocycles. The van der Waals surface area contributed by atoms with Gasteiger partial charge < -0.3 is 9.84 Å². The van der Waals surface area contributed by atoms with Crippen LogP contribution in [0, 0.1) is 17.8 Å². The first-order valence-corrected chi connectivity index (χ1v) is 9.54. The van der Waals surface area contributed by atoms with Crippen molar-refractivity contribution in [3.63, 3.8) is 0 Å². The van der Waals surface area contributed by atoms with Crippen LogP contribution in [0.3, 0.4) is 0 Å². The molecule has 1 N–H and O–H groups in total. The maximum atomic E-state index is 12.9. The van der Waals surface area contributed by atoms with Crippen molar-refractivity contribution in [2.75, 3.05) is 0 Å². The highest BCUT2D eigenvalue weighted by atomic mass is 35.5. The van der Waals surface area contributed by atoms with E-state index in [4.69, 9.17) is 16.3 Å². The molecule has 0 unspecified atom stereocenters. The van der Waals surface area contributed by atoms with Gasteiger partial charge in [0.25, 0.3) is 0 Å². The Kier molecular flexibility index (Phi) is 3.21. The van der Waals surface area contributed by atoms with Crippen molar-refractivity contribution < 1.29 is 19.4 Å². The zero-order valence-corrected chi connectivity index (χ0v) is 14.7. The van der Waals surface area contributed by atoms with E-state index in [0.717, 1.165) is 19.3 Å². The molecular weight excluding hydrogens is 340 g/mol. The number of benzene rings is 1. The van der Waals surface area contributed by atoms with Crippen LogP contribution >= 0.6 is 11.6 Å². The third kappa shape index (κ3) is 2.30. The second-order valence-electron chi connectivity index (χ2n) is 8.66. The van der Waals surface area contributed by atoms with Crippen LogP contribution in [0.25, 0.3) is 0 Å². The fraction of sp³-hybridized carbons (Fsp3) is 0.600. The van der Waals surface area contributed by atoms with Crippen LogP contribution in [0.2, 0.25) is 5.02 Å². The molecule has 1 aromatic rings. The Hall–Kier alpha value is -1.39. The Morgan fingerprint density at radius 3 is 2.32 bits per heavy atom. The van der Waals surface area contributed by atoms with Crippen LogP contribution in [-0.4, -0.2) is 28.1 Å². The molecule has 0 saturated heterocycles. The third-order valence-corrected chi connectivity index (χ3v) is 7.00. The molecule has 4 bridgehead atoms. The molecule has 4 nitrogen and oxygen atoms in total. The summed E-state index contributed by atoms with van der Waals surface area (Å²) in [4.78, 5) is 25.6. The molecule has 6 rings (SSSR count). The normalized spacial score (nSPS) is 41.0. The third-order valence-electron chi connectivity index (χ3n) is 6.76. The Labute approximate surface area is 151 Å².